The normalized spacial score (nSPS) is 21.3. The van der Waals surface area contributed by atoms with Crippen molar-refractivity contribution in [3.05, 3.63) is 53.1 Å². The number of amides is 2. The van der Waals surface area contributed by atoms with Crippen molar-refractivity contribution in [1.29, 1.82) is 0 Å². The van der Waals surface area contributed by atoms with Gasteiger partial charge in [-0.1, -0.05) is 55.5 Å². The number of nitrogens with one attached hydrogen (secondary N) is 1. The van der Waals surface area contributed by atoms with Crippen molar-refractivity contribution in [1.82, 2.24) is 19.8 Å². The van der Waals surface area contributed by atoms with E-state index in [1.165, 1.54) is 26.3 Å². The molecule has 1 fully saturated rings. The molecule has 1 aromatic carbocycles. The Bertz CT molecular complexity index is 1040. The number of nitrogens with zero attached hydrogens (tertiary/aromatic N) is 3. The van der Waals surface area contributed by atoms with Gasteiger partial charge < -0.3 is 19.5 Å². The second kappa shape index (κ2) is 9.37. The zero-order valence-corrected chi connectivity index (χ0v) is 19.6. The SMILES string of the molecule is COC(=O)c1ncn2c1C(=O)N(Cc1ccc(C)cc1)[C@](C)(C(=O)NC1CCCCCC1)C2. The van der Waals surface area contributed by atoms with Gasteiger partial charge in [-0.2, -0.15) is 0 Å². The number of aromatic nitrogens is 2. The van der Waals surface area contributed by atoms with E-state index >= 15 is 0 Å². The molecule has 1 N–H and O–H groups in total. The van der Waals surface area contributed by atoms with Crippen molar-refractivity contribution in [2.24, 2.45) is 0 Å². The first-order chi connectivity index (χ1) is 15.8. The van der Waals surface area contributed by atoms with Crippen LogP contribution in [0.3, 0.4) is 0 Å². The van der Waals surface area contributed by atoms with Gasteiger partial charge in [0.25, 0.3) is 5.91 Å². The largest absolute Gasteiger partial charge is 0.464 e. The third-order valence-corrected chi connectivity index (χ3v) is 6.88. The molecule has 0 spiro atoms. The zero-order chi connectivity index (χ0) is 23.6. The molecule has 2 heterocycles. The molecule has 2 amide bonds. The molecular weight excluding hydrogens is 420 g/mol. The first-order valence-electron chi connectivity index (χ1n) is 11.7. The van der Waals surface area contributed by atoms with Crippen LogP contribution in [0.5, 0.6) is 0 Å². The van der Waals surface area contributed by atoms with Gasteiger partial charge in [0.15, 0.2) is 5.69 Å². The van der Waals surface area contributed by atoms with Gasteiger partial charge in [0.05, 0.1) is 20.0 Å². The van der Waals surface area contributed by atoms with Gasteiger partial charge in [-0.05, 0) is 32.3 Å². The minimum atomic E-state index is -1.13. The summed E-state index contributed by atoms with van der Waals surface area (Å²) in [5, 5.41) is 3.23. The molecule has 0 unspecified atom stereocenters. The molecule has 1 aromatic heterocycles. The number of rotatable bonds is 5. The summed E-state index contributed by atoms with van der Waals surface area (Å²) in [6, 6.07) is 8.00. The smallest absolute Gasteiger partial charge is 0.359 e. The number of methoxy groups -OCH3 is 1. The lowest BCUT2D eigenvalue weighted by atomic mass is 9.92. The Balaban J connectivity index is 1.69. The van der Waals surface area contributed by atoms with Crippen molar-refractivity contribution in [2.45, 2.75) is 77.0 Å². The summed E-state index contributed by atoms with van der Waals surface area (Å²) in [7, 11) is 1.26. The number of fused-ring (bicyclic) bond motifs is 1. The second-order valence-electron chi connectivity index (χ2n) is 9.37. The molecule has 1 atom stereocenters. The van der Waals surface area contributed by atoms with Crippen LogP contribution in [0.15, 0.2) is 30.6 Å². The Hall–Kier alpha value is -3.16. The third-order valence-electron chi connectivity index (χ3n) is 6.88. The maximum absolute atomic E-state index is 13.7. The summed E-state index contributed by atoms with van der Waals surface area (Å²) < 4.78 is 6.43. The van der Waals surface area contributed by atoms with E-state index in [0.29, 0.717) is 0 Å². The number of esters is 1. The molecule has 176 valence electrons. The summed E-state index contributed by atoms with van der Waals surface area (Å²) in [6.45, 7) is 4.26. The van der Waals surface area contributed by atoms with E-state index in [0.717, 1.165) is 36.8 Å². The van der Waals surface area contributed by atoms with E-state index in [2.05, 4.69) is 10.3 Å². The van der Waals surface area contributed by atoms with Crippen LogP contribution in [-0.2, 0) is 22.6 Å². The minimum Gasteiger partial charge on any atom is -0.464 e. The van der Waals surface area contributed by atoms with Crippen molar-refractivity contribution in [2.75, 3.05) is 7.11 Å². The monoisotopic (exact) mass is 452 g/mol. The van der Waals surface area contributed by atoms with E-state index < -0.39 is 17.4 Å². The van der Waals surface area contributed by atoms with Crippen LogP contribution in [0.2, 0.25) is 0 Å². The number of ether oxygens (including phenoxy) is 1. The van der Waals surface area contributed by atoms with Crippen molar-refractivity contribution >= 4 is 17.8 Å². The number of carbonyl (C=O) groups excluding carboxylic acids is 3. The predicted octanol–water partition coefficient (Wildman–Crippen LogP) is 3.23. The Morgan fingerprint density at radius 2 is 1.82 bits per heavy atom. The Labute approximate surface area is 194 Å². The molecular formula is C25H32N4O4. The number of aryl methyl sites for hydroxylation is 1. The summed E-state index contributed by atoms with van der Waals surface area (Å²) in [4.78, 5) is 45.4. The number of hydrogen-bond acceptors (Lipinski definition) is 5. The number of benzene rings is 1. The van der Waals surface area contributed by atoms with Gasteiger partial charge in [-0.25, -0.2) is 9.78 Å². The Kier molecular flexibility index (Phi) is 6.54. The van der Waals surface area contributed by atoms with E-state index in [-0.39, 0.29) is 36.4 Å². The molecule has 8 nitrogen and oxygen atoms in total. The number of imidazole rings is 1. The minimum absolute atomic E-state index is 0.0253. The molecule has 0 saturated heterocycles. The summed E-state index contributed by atoms with van der Waals surface area (Å²) in [6.07, 6.45) is 7.93. The van der Waals surface area contributed by atoms with Crippen LogP contribution in [-0.4, -0.2) is 50.9 Å². The maximum atomic E-state index is 13.7. The van der Waals surface area contributed by atoms with Gasteiger partial charge in [-0.15, -0.1) is 0 Å². The summed E-state index contributed by atoms with van der Waals surface area (Å²) >= 11 is 0. The average molecular weight is 453 g/mol. The molecule has 0 radical (unpaired) electrons. The first-order valence-corrected chi connectivity index (χ1v) is 11.7. The van der Waals surface area contributed by atoms with Crippen LogP contribution in [0.1, 0.15) is 77.6 Å². The second-order valence-corrected chi connectivity index (χ2v) is 9.37. The topological polar surface area (TPSA) is 93.5 Å². The van der Waals surface area contributed by atoms with Crippen LogP contribution >= 0.6 is 0 Å². The fourth-order valence-electron chi connectivity index (χ4n) is 4.82. The molecule has 0 bridgehead atoms. The van der Waals surface area contributed by atoms with Crippen LogP contribution in [0, 0.1) is 6.92 Å². The van der Waals surface area contributed by atoms with Gasteiger partial charge >= 0.3 is 5.97 Å². The highest BCUT2D eigenvalue weighted by Crippen LogP contribution is 2.31. The fraction of sp³-hybridized carbons (Fsp3) is 0.520. The quantitative estimate of drug-likeness (QED) is 0.555. The van der Waals surface area contributed by atoms with Gasteiger partial charge in [0.1, 0.15) is 11.2 Å². The Morgan fingerprint density at radius 3 is 2.45 bits per heavy atom. The van der Waals surface area contributed by atoms with E-state index in [4.69, 9.17) is 4.74 Å². The molecule has 1 saturated carbocycles. The fourth-order valence-corrected chi connectivity index (χ4v) is 4.82. The lowest BCUT2D eigenvalue weighted by molar-refractivity contribution is -0.134. The number of carbonyl (C=O) groups is 3. The van der Waals surface area contributed by atoms with E-state index in [9.17, 15) is 14.4 Å². The van der Waals surface area contributed by atoms with Crippen LogP contribution in [0.25, 0.3) is 0 Å². The van der Waals surface area contributed by atoms with E-state index in [1.807, 2.05) is 31.2 Å². The van der Waals surface area contributed by atoms with Crippen molar-refractivity contribution in [3.63, 3.8) is 0 Å². The third kappa shape index (κ3) is 4.51. The van der Waals surface area contributed by atoms with Gasteiger partial charge in [0.2, 0.25) is 5.91 Å². The molecule has 4 rings (SSSR count). The first kappa shape index (κ1) is 23.0. The highest BCUT2D eigenvalue weighted by atomic mass is 16.5. The maximum Gasteiger partial charge on any atom is 0.359 e. The lowest BCUT2D eigenvalue weighted by Gasteiger charge is -2.44. The Morgan fingerprint density at radius 1 is 1.15 bits per heavy atom. The van der Waals surface area contributed by atoms with E-state index in [1.54, 1.807) is 16.4 Å². The van der Waals surface area contributed by atoms with Crippen LogP contribution < -0.4 is 5.32 Å². The summed E-state index contributed by atoms with van der Waals surface area (Å²) in [5.41, 5.74) is 1.03. The number of hydrogen-bond donors (Lipinski definition) is 1. The molecule has 1 aliphatic heterocycles. The van der Waals surface area contributed by atoms with Crippen molar-refractivity contribution in [3.8, 4) is 0 Å². The molecule has 2 aliphatic rings. The molecule has 33 heavy (non-hydrogen) atoms. The highest BCUT2D eigenvalue weighted by molar-refractivity contribution is 6.06. The van der Waals surface area contributed by atoms with Crippen LogP contribution in [0.4, 0.5) is 0 Å². The molecule has 8 heteroatoms. The van der Waals surface area contributed by atoms with Crippen molar-refractivity contribution < 1.29 is 19.1 Å². The van der Waals surface area contributed by atoms with Gasteiger partial charge in [-0.3, -0.25) is 9.59 Å². The predicted molar refractivity (Wildman–Crippen MR) is 123 cm³/mol. The zero-order valence-electron chi connectivity index (χ0n) is 19.6. The van der Waals surface area contributed by atoms with Gasteiger partial charge in [0, 0.05) is 12.6 Å². The standard InChI is InChI=1S/C25H32N4O4/c1-17-10-12-18(13-11-17)14-29-22(30)21-20(23(31)33-3)26-16-28(21)15-25(29,2)24(32)27-19-8-6-4-5-7-9-19/h10-13,16,19H,4-9,14-15H2,1-3H3,(H,27,32)/t25-/m0/s1. The highest BCUT2D eigenvalue weighted by Gasteiger charge is 2.49. The lowest BCUT2D eigenvalue weighted by Crippen LogP contribution is -2.64. The molecule has 1 aliphatic carbocycles. The summed E-state index contributed by atoms with van der Waals surface area (Å²) in [5.74, 6) is -1.24. The molecule has 2 aromatic rings. The average Bonchev–Trinajstić information content (AvgIpc) is 3.05.